The van der Waals surface area contributed by atoms with E-state index in [2.05, 4.69) is 15.4 Å². The van der Waals surface area contributed by atoms with Gasteiger partial charge in [-0.05, 0) is 13.3 Å². The van der Waals surface area contributed by atoms with Gasteiger partial charge in [0.1, 0.15) is 6.54 Å². The van der Waals surface area contributed by atoms with Crippen molar-refractivity contribution >= 4 is 6.03 Å². The number of nitrogens with zero attached hydrogens (tertiary/aromatic N) is 3. The number of hydrogen-bond donors (Lipinski definition) is 2. The van der Waals surface area contributed by atoms with Crippen LogP contribution in [0.15, 0.2) is 17.1 Å². The topological polar surface area (TPSA) is 103 Å². The molecule has 8 heteroatoms. The van der Waals surface area contributed by atoms with Crippen LogP contribution in [0, 0.1) is 5.39 Å². The number of methoxy groups -OCH3 is 1. The largest absolute Gasteiger partial charge is 0.491 e. The number of nitrogens with one attached hydrogen (secondary N) is 2. The summed E-state index contributed by atoms with van der Waals surface area (Å²) in [7, 11) is 1.39. The number of ether oxygens (including phenoxy) is 1. The molecular weight excluding hydrogens is 262 g/mol. The molecule has 0 saturated carbocycles. The minimum absolute atomic E-state index is 0.0401. The van der Waals surface area contributed by atoms with Crippen molar-refractivity contribution in [2.45, 2.75) is 32.9 Å². The Labute approximate surface area is 116 Å². The predicted molar refractivity (Wildman–Crippen MR) is 72.5 cm³/mol. The van der Waals surface area contributed by atoms with Crippen LogP contribution in [0.3, 0.4) is 0 Å². The second kappa shape index (κ2) is 7.13. The lowest BCUT2D eigenvalue weighted by atomic mass is 10.3. The molecule has 0 saturated heterocycles. The maximum absolute atomic E-state index is 11.8. The van der Waals surface area contributed by atoms with E-state index in [4.69, 9.17) is 10.1 Å². The van der Waals surface area contributed by atoms with E-state index in [0.717, 1.165) is 11.4 Å². The molecule has 1 aromatic rings. The Morgan fingerprint density at radius 1 is 1.65 bits per heavy atom. The van der Waals surface area contributed by atoms with Gasteiger partial charge in [0, 0.05) is 24.0 Å². The van der Waals surface area contributed by atoms with E-state index in [1.54, 1.807) is 0 Å². The first-order valence-electron chi connectivity index (χ1n) is 6.20. The zero-order valence-corrected chi connectivity index (χ0v) is 11.7. The molecule has 8 nitrogen and oxygen atoms in total. The second-order valence-corrected chi connectivity index (χ2v) is 4.30. The highest BCUT2D eigenvalue weighted by atomic mass is 16.5. The van der Waals surface area contributed by atoms with Crippen molar-refractivity contribution in [1.29, 1.82) is 5.39 Å². The van der Waals surface area contributed by atoms with Crippen LogP contribution in [0.5, 0.6) is 5.75 Å². The summed E-state index contributed by atoms with van der Waals surface area (Å²) in [6, 6.07) is 0.702. The fraction of sp³-hybridized carbons (Fsp3) is 0.500. The molecule has 1 heterocycles. The summed E-state index contributed by atoms with van der Waals surface area (Å²) in [6.07, 6.45) is 2.14. The Kier molecular flexibility index (Phi) is 5.53. The number of diazo groups is 1. The zero-order chi connectivity index (χ0) is 15.1. The average Bonchev–Trinajstić information content (AvgIpc) is 2.44. The van der Waals surface area contributed by atoms with Gasteiger partial charge in [-0.1, -0.05) is 6.92 Å². The summed E-state index contributed by atoms with van der Waals surface area (Å²) in [4.78, 5) is 26.2. The molecule has 2 amide bonds. The van der Waals surface area contributed by atoms with Gasteiger partial charge >= 0.3 is 11.1 Å². The van der Waals surface area contributed by atoms with Crippen LogP contribution >= 0.6 is 0 Å². The maximum atomic E-state index is 11.8. The Morgan fingerprint density at radius 3 is 2.85 bits per heavy atom. The fourth-order valence-electron chi connectivity index (χ4n) is 1.44. The molecule has 0 aliphatic rings. The van der Waals surface area contributed by atoms with E-state index in [1.165, 1.54) is 19.4 Å². The second-order valence-electron chi connectivity index (χ2n) is 4.30. The molecule has 0 aromatic carbocycles. The van der Waals surface area contributed by atoms with Crippen molar-refractivity contribution < 1.29 is 9.53 Å². The van der Waals surface area contributed by atoms with Gasteiger partial charge in [0.2, 0.25) is 5.43 Å². The molecule has 1 unspecified atom stereocenters. The van der Waals surface area contributed by atoms with Crippen molar-refractivity contribution in [3.63, 3.8) is 0 Å². The first kappa shape index (κ1) is 15.5. The van der Waals surface area contributed by atoms with Gasteiger partial charge in [0.05, 0.1) is 12.1 Å². The lowest BCUT2D eigenvalue weighted by Gasteiger charge is -2.11. The summed E-state index contributed by atoms with van der Waals surface area (Å²) in [5.74, 6) is 0.172. The number of H-pyrrole nitrogens is 1. The standard InChI is InChI=1S/C12H17N5O3/c1-4-8(2)15-12(19)17(16-13)7-9-5-10(18)11(20-3)6-14-9/h5-6,8H,4,7H2,1-3H3,(H-,14,15,18,19)/p+1. The molecule has 0 spiro atoms. The quantitative estimate of drug-likeness (QED) is 0.629. The average molecular weight is 280 g/mol. The molecular formula is C12H18N5O3+. The number of amides is 2. The molecule has 0 bridgehead atoms. The summed E-state index contributed by atoms with van der Waals surface area (Å²) in [6.45, 7) is 3.70. The van der Waals surface area contributed by atoms with E-state index in [-0.39, 0.29) is 23.8 Å². The molecule has 20 heavy (non-hydrogen) atoms. The van der Waals surface area contributed by atoms with Gasteiger partial charge in [-0.3, -0.25) is 4.79 Å². The number of rotatable bonds is 5. The fourth-order valence-corrected chi connectivity index (χ4v) is 1.44. The molecule has 2 N–H and O–H groups in total. The van der Waals surface area contributed by atoms with Crippen LogP contribution in [-0.2, 0) is 6.54 Å². The van der Waals surface area contributed by atoms with Crippen LogP contribution in [0.2, 0.25) is 0 Å². The summed E-state index contributed by atoms with van der Waals surface area (Å²) in [5.41, 5.74) is 0.106. The molecule has 1 rings (SSSR count). The highest BCUT2D eigenvalue weighted by Crippen LogP contribution is 2.05. The van der Waals surface area contributed by atoms with Crippen LogP contribution in [0.1, 0.15) is 26.0 Å². The molecule has 0 fully saturated rings. The van der Waals surface area contributed by atoms with Crippen LogP contribution < -0.4 is 15.5 Å². The number of urea groups is 1. The molecule has 0 aliphatic carbocycles. The van der Waals surface area contributed by atoms with E-state index in [9.17, 15) is 9.59 Å². The third-order valence-corrected chi connectivity index (χ3v) is 2.80. The molecule has 0 radical (unpaired) electrons. The van der Waals surface area contributed by atoms with Crippen molar-refractivity contribution in [3.8, 4) is 5.75 Å². The van der Waals surface area contributed by atoms with Crippen LogP contribution in [0.4, 0.5) is 4.79 Å². The van der Waals surface area contributed by atoms with Crippen molar-refractivity contribution in [2.24, 2.45) is 0 Å². The normalized spacial score (nSPS) is 11.3. The van der Waals surface area contributed by atoms with Gasteiger partial charge < -0.3 is 15.0 Å². The molecule has 1 atom stereocenters. The van der Waals surface area contributed by atoms with Gasteiger partial charge in [0.25, 0.3) is 5.39 Å². The molecule has 1 aromatic heterocycles. The van der Waals surface area contributed by atoms with Crippen molar-refractivity contribution in [2.75, 3.05) is 7.11 Å². The molecule has 0 aliphatic heterocycles. The number of aromatic amines is 1. The van der Waals surface area contributed by atoms with Crippen molar-refractivity contribution in [1.82, 2.24) is 15.3 Å². The van der Waals surface area contributed by atoms with Crippen LogP contribution in [-0.4, -0.2) is 29.2 Å². The number of pyridine rings is 1. The summed E-state index contributed by atoms with van der Waals surface area (Å²) in [5, 5.41) is 15.3. The lowest BCUT2D eigenvalue weighted by molar-refractivity contribution is 0.207. The Hall–Kier alpha value is -2.56. The lowest BCUT2D eigenvalue weighted by Crippen LogP contribution is -2.40. The number of carbonyl (C=O) groups excluding carboxylic acids is 1. The smallest absolute Gasteiger partial charge is 0.391 e. The number of aromatic nitrogens is 1. The Morgan fingerprint density at radius 2 is 2.35 bits per heavy atom. The molecule has 108 valence electrons. The number of hydrogen-bond acceptors (Lipinski definition) is 4. The summed E-state index contributed by atoms with van der Waals surface area (Å²) < 4.78 is 4.84. The Balaban J connectivity index is 2.79. The highest BCUT2D eigenvalue weighted by molar-refractivity contribution is 5.74. The first-order chi connectivity index (χ1) is 9.51. The van der Waals surface area contributed by atoms with Gasteiger partial charge in [0.15, 0.2) is 5.75 Å². The minimum atomic E-state index is -0.543. The predicted octanol–water partition coefficient (Wildman–Crippen LogP) is 1.46. The number of carbonyl (C=O) groups is 1. The first-order valence-corrected chi connectivity index (χ1v) is 6.20. The van der Waals surface area contributed by atoms with Gasteiger partial charge in [-0.2, -0.15) is 0 Å². The van der Waals surface area contributed by atoms with E-state index in [1.807, 2.05) is 13.8 Å². The highest BCUT2D eigenvalue weighted by Gasteiger charge is 2.26. The van der Waals surface area contributed by atoms with E-state index in [0.29, 0.717) is 5.69 Å². The third kappa shape index (κ3) is 3.98. The monoisotopic (exact) mass is 280 g/mol. The third-order valence-electron chi connectivity index (χ3n) is 2.80. The maximum Gasteiger partial charge on any atom is 0.391 e. The Bertz CT molecular complexity index is 563. The zero-order valence-electron chi connectivity index (χ0n) is 11.7. The van der Waals surface area contributed by atoms with Crippen molar-refractivity contribution in [3.05, 3.63) is 33.3 Å². The summed E-state index contributed by atoms with van der Waals surface area (Å²) >= 11 is 0. The van der Waals surface area contributed by atoms with Gasteiger partial charge in [-0.15, -0.1) is 0 Å². The minimum Gasteiger partial charge on any atom is -0.491 e. The van der Waals surface area contributed by atoms with Gasteiger partial charge in [-0.25, -0.2) is 4.79 Å². The van der Waals surface area contributed by atoms with Crippen LogP contribution in [0.25, 0.3) is 5.08 Å². The van der Waals surface area contributed by atoms with E-state index >= 15 is 0 Å². The SMILES string of the molecule is CCC(C)NC(=O)N(Cc1cc(=O)c(OC)c[nH]1)[N+]#N. The van der Waals surface area contributed by atoms with E-state index < -0.39 is 6.03 Å².